The number of methoxy groups -OCH3 is 1. The number of rotatable bonds is 6. The molecule has 2 nitrogen and oxygen atoms in total. The van der Waals surface area contributed by atoms with Crippen molar-refractivity contribution in [1.29, 1.82) is 0 Å². The molecule has 0 aliphatic carbocycles. The van der Waals surface area contributed by atoms with Crippen molar-refractivity contribution < 1.29 is 9.16 Å². The van der Waals surface area contributed by atoms with Crippen molar-refractivity contribution in [2.75, 3.05) is 20.3 Å². The largest absolute Gasteiger partial charge is 0.414 e. The highest BCUT2D eigenvalue weighted by Crippen LogP contribution is 1.93. The quantitative estimate of drug-likeness (QED) is 0.332. The van der Waals surface area contributed by atoms with Crippen LogP contribution in [0.25, 0.3) is 0 Å². The third kappa shape index (κ3) is 6.00. The van der Waals surface area contributed by atoms with E-state index in [1.165, 1.54) is 0 Å². The summed E-state index contributed by atoms with van der Waals surface area (Å²) in [5, 5.41) is 0. The zero-order valence-corrected chi connectivity index (χ0v) is 7.72. The van der Waals surface area contributed by atoms with Crippen molar-refractivity contribution in [3.05, 3.63) is 12.7 Å². The van der Waals surface area contributed by atoms with Gasteiger partial charge in [0.05, 0.1) is 13.2 Å². The number of ether oxygens (including phenoxy) is 1. The van der Waals surface area contributed by atoms with Crippen molar-refractivity contribution in [2.45, 2.75) is 12.6 Å². The summed E-state index contributed by atoms with van der Waals surface area (Å²) < 4.78 is 10.3. The zero-order valence-electron chi connectivity index (χ0n) is 6.72. The minimum absolute atomic E-state index is 0.611. The van der Waals surface area contributed by atoms with Crippen molar-refractivity contribution in [1.82, 2.24) is 0 Å². The van der Waals surface area contributed by atoms with E-state index in [1.807, 2.05) is 6.08 Å². The lowest BCUT2D eigenvalue weighted by atomic mass is 10.8. The number of hydrogen-bond acceptors (Lipinski definition) is 2. The van der Waals surface area contributed by atoms with Crippen LogP contribution in [-0.4, -0.2) is 29.4 Å². The molecular weight excluding hydrogens is 144 g/mol. The minimum atomic E-state index is -0.611. The van der Waals surface area contributed by atoms with Crippen LogP contribution in [0.4, 0.5) is 0 Å². The van der Waals surface area contributed by atoms with Crippen LogP contribution in [0.1, 0.15) is 0 Å². The predicted molar refractivity (Wildman–Crippen MR) is 44.5 cm³/mol. The van der Waals surface area contributed by atoms with Crippen LogP contribution in [0.2, 0.25) is 12.6 Å². The molecule has 0 saturated heterocycles. The first-order chi connectivity index (χ1) is 4.81. The molecule has 0 fully saturated rings. The Balaban J connectivity index is 3.04. The fraction of sp³-hybridized carbons (Fsp3) is 0.714. The van der Waals surface area contributed by atoms with E-state index in [1.54, 1.807) is 7.11 Å². The minimum Gasteiger partial charge on any atom is -0.414 e. The summed E-state index contributed by atoms with van der Waals surface area (Å²) >= 11 is 0. The first-order valence-electron chi connectivity index (χ1n) is 3.36. The molecule has 0 aromatic rings. The molecular formula is C7H15O2Si. The second kappa shape index (κ2) is 6.99. The first-order valence-corrected chi connectivity index (χ1v) is 5.48. The molecule has 1 radical (unpaired) electrons. The normalized spacial score (nSPS) is 10.3. The average Bonchev–Trinajstić information content (AvgIpc) is 1.89. The first kappa shape index (κ1) is 9.88. The SMILES string of the molecule is C=CC[Si](C)OCCOC. The molecule has 0 rings (SSSR count). The molecule has 0 heterocycles. The lowest BCUT2D eigenvalue weighted by Crippen LogP contribution is -2.15. The Morgan fingerprint density at radius 3 is 2.70 bits per heavy atom. The van der Waals surface area contributed by atoms with Gasteiger partial charge < -0.3 is 9.16 Å². The summed E-state index contributed by atoms with van der Waals surface area (Å²) in [5.74, 6) is 0. The fourth-order valence-electron chi connectivity index (χ4n) is 0.561. The van der Waals surface area contributed by atoms with Gasteiger partial charge in [0.1, 0.15) is 0 Å². The van der Waals surface area contributed by atoms with Gasteiger partial charge in [-0.25, -0.2) is 0 Å². The third-order valence-electron chi connectivity index (χ3n) is 1.07. The van der Waals surface area contributed by atoms with E-state index in [9.17, 15) is 0 Å². The number of allylic oxidation sites excluding steroid dienone is 1. The molecule has 0 aliphatic heterocycles. The van der Waals surface area contributed by atoms with E-state index >= 15 is 0 Å². The lowest BCUT2D eigenvalue weighted by molar-refractivity contribution is 0.146. The van der Waals surface area contributed by atoms with Gasteiger partial charge in [0.15, 0.2) is 0 Å². The summed E-state index contributed by atoms with van der Waals surface area (Å²) in [5.41, 5.74) is 0. The van der Waals surface area contributed by atoms with Gasteiger partial charge in [-0.05, 0) is 12.6 Å². The summed E-state index contributed by atoms with van der Waals surface area (Å²) in [6, 6.07) is 1.01. The van der Waals surface area contributed by atoms with Crippen LogP contribution in [-0.2, 0) is 9.16 Å². The second-order valence-electron chi connectivity index (χ2n) is 2.04. The van der Waals surface area contributed by atoms with Crippen LogP contribution in [0.15, 0.2) is 12.7 Å². The molecule has 59 valence electrons. The van der Waals surface area contributed by atoms with E-state index in [0.717, 1.165) is 12.7 Å². The molecule has 0 atom stereocenters. The van der Waals surface area contributed by atoms with Gasteiger partial charge >= 0.3 is 0 Å². The van der Waals surface area contributed by atoms with Crippen LogP contribution in [0.5, 0.6) is 0 Å². The Labute approximate surface area is 64.6 Å². The van der Waals surface area contributed by atoms with Gasteiger partial charge in [-0.15, -0.1) is 6.58 Å². The van der Waals surface area contributed by atoms with E-state index in [-0.39, 0.29) is 0 Å². The second-order valence-corrected chi connectivity index (χ2v) is 4.14. The van der Waals surface area contributed by atoms with Crippen LogP contribution >= 0.6 is 0 Å². The zero-order chi connectivity index (χ0) is 7.82. The molecule has 0 unspecified atom stereocenters. The molecule has 0 aromatic carbocycles. The summed E-state index contributed by atoms with van der Waals surface area (Å²) in [6.07, 6.45) is 1.90. The van der Waals surface area contributed by atoms with E-state index in [2.05, 4.69) is 13.1 Å². The van der Waals surface area contributed by atoms with Gasteiger partial charge in [-0.1, -0.05) is 6.08 Å². The maximum absolute atomic E-state index is 5.43. The van der Waals surface area contributed by atoms with Gasteiger partial charge in [0, 0.05) is 7.11 Å². The highest BCUT2D eigenvalue weighted by atomic mass is 28.3. The predicted octanol–water partition coefficient (Wildman–Crippen LogP) is 1.46. The molecule has 0 aromatic heterocycles. The van der Waals surface area contributed by atoms with Crippen molar-refractivity contribution in [2.24, 2.45) is 0 Å². The highest BCUT2D eigenvalue weighted by Gasteiger charge is 2.01. The summed E-state index contributed by atoms with van der Waals surface area (Å²) in [7, 11) is 1.07. The van der Waals surface area contributed by atoms with Crippen LogP contribution in [0, 0.1) is 0 Å². The van der Waals surface area contributed by atoms with E-state index in [0.29, 0.717) is 6.61 Å². The molecule has 0 amide bonds. The standard InChI is InChI=1S/C7H15O2Si/c1-4-7-10(3)9-6-5-8-2/h4H,1,5-7H2,2-3H3. The Hall–Kier alpha value is -0.123. The van der Waals surface area contributed by atoms with E-state index < -0.39 is 9.04 Å². The average molecular weight is 159 g/mol. The maximum Gasteiger partial charge on any atom is 0.212 e. The van der Waals surface area contributed by atoms with Crippen molar-refractivity contribution in [3.63, 3.8) is 0 Å². The van der Waals surface area contributed by atoms with Crippen LogP contribution < -0.4 is 0 Å². The van der Waals surface area contributed by atoms with Crippen molar-refractivity contribution in [3.8, 4) is 0 Å². The molecule has 10 heavy (non-hydrogen) atoms. The van der Waals surface area contributed by atoms with Gasteiger partial charge in [-0.2, -0.15) is 0 Å². The Bertz CT molecular complexity index is 85.7. The molecule has 3 heteroatoms. The van der Waals surface area contributed by atoms with Gasteiger partial charge in [0.25, 0.3) is 0 Å². The van der Waals surface area contributed by atoms with Gasteiger partial charge in [-0.3, -0.25) is 0 Å². The molecule has 0 bridgehead atoms. The highest BCUT2D eigenvalue weighted by molar-refractivity contribution is 6.50. The Kier molecular flexibility index (Phi) is 6.90. The molecule has 0 spiro atoms. The third-order valence-corrected chi connectivity index (χ3v) is 2.63. The Morgan fingerprint density at radius 1 is 1.50 bits per heavy atom. The molecule has 0 aliphatic rings. The lowest BCUT2D eigenvalue weighted by Gasteiger charge is -2.06. The maximum atomic E-state index is 5.43. The number of hydrogen-bond donors (Lipinski definition) is 0. The summed E-state index contributed by atoms with van der Waals surface area (Å²) in [4.78, 5) is 0. The topological polar surface area (TPSA) is 18.5 Å². The molecule has 0 saturated carbocycles. The van der Waals surface area contributed by atoms with Crippen LogP contribution in [0.3, 0.4) is 0 Å². The smallest absolute Gasteiger partial charge is 0.212 e. The monoisotopic (exact) mass is 159 g/mol. The fourth-order valence-corrected chi connectivity index (χ4v) is 1.52. The molecule has 0 N–H and O–H groups in total. The van der Waals surface area contributed by atoms with Crippen molar-refractivity contribution >= 4 is 9.04 Å². The Morgan fingerprint density at radius 2 is 2.20 bits per heavy atom. The van der Waals surface area contributed by atoms with Gasteiger partial charge in [0.2, 0.25) is 9.04 Å². The van der Waals surface area contributed by atoms with E-state index in [4.69, 9.17) is 9.16 Å². The summed E-state index contributed by atoms with van der Waals surface area (Å²) in [6.45, 7) is 7.18.